The van der Waals surface area contributed by atoms with Gasteiger partial charge in [0.1, 0.15) is 0 Å². The van der Waals surface area contributed by atoms with Gasteiger partial charge in [0, 0.05) is 6.20 Å². The normalized spacial score (nSPS) is 7.62. The van der Waals surface area contributed by atoms with Crippen LogP contribution >= 0.6 is 9.24 Å². The maximum absolute atomic E-state index is 3.94. The van der Waals surface area contributed by atoms with Gasteiger partial charge in [0.15, 0.2) is 0 Å². The fourth-order valence-corrected chi connectivity index (χ4v) is 0.573. The van der Waals surface area contributed by atoms with E-state index in [4.69, 9.17) is 0 Å². The van der Waals surface area contributed by atoms with Crippen LogP contribution in [0.3, 0.4) is 0 Å². The van der Waals surface area contributed by atoms with Crippen molar-refractivity contribution in [1.82, 2.24) is 4.98 Å². The van der Waals surface area contributed by atoms with Crippen LogP contribution in [0, 0.1) is 0 Å². The van der Waals surface area contributed by atoms with Gasteiger partial charge < -0.3 is 0 Å². The summed E-state index contributed by atoms with van der Waals surface area (Å²) in [6, 6.07) is 5.79. The van der Waals surface area contributed by atoms with Crippen molar-refractivity contribution in [1.29, 1.82) is 0 Å². The molecule has 38 valence electrons. The Bertz CT molecular complexity index is 142. The first kappa shape index (κ1) is 8.18. The summed E-state index contributed by atoms with van der Waals surface area (Å²) >= 11 is 0. The average Bonchev–Trinajstić information content (AvgIpc) is 1.69. The van der Waals surface area contributed by atoms with E-state index in [0.29, 0.717) is 0 Å². The zero-order valence-electron chi connectivity index (χ0n) is 3.83. The third-order valence-corrected chi connectivity index (χ3v) is 1.03. The number of hydrogen-bond donors (Lipinski definition) is 0. The molecule has 0 aromatic carbocycles. The Morgan fingerprint density at radius 3 is 2.38 bits per heavy atom. The van der Waals surface area contributed by atoms with Crippen LogP contribution in [0.25, 0.3) is 0 Å². The molecule has 0 aliphatic rings. The van der Waals surface area contributed by atoms with Gasteiger partial charge in [-0.3, -0.25) is 4.98 Å². The van der Waals surface area contributed by atoms with E-state index in [-0.39, 0.29) is 18.9 Å². The quantitative estimate of drug-likeness (QED) is 0.344. The van der Waals surface area contributed by atoms with Crippen LogP contribution in [0.5, 0.6) is 0 Å². The molecule has 0 aliphatic carbocycles. The fraction of sp³-hybridized carbons (Fsp3) is 0. The standard InChI is InChI=1S/C5H6NP.Li.H/c7-5-3-1-2-4-6-5;;/h1-4H,7H2;;. The topological polar surface area (TPSA) is 12.9 Å². The van der Waals surface area contributed by atoms with Crippen molar-refractivity contribution in [2.75, 3.05) is 0 Å². The van der Waals surface area contributed by atoms with Crippen molar-refractivity contribution in [3.63, 3.8) is 0 Å². The van der Waals surface area contributed by atoms with E-state index in [1.54, 1.807) is 6.20 Å². The first-order chi connectivity index (χ1) is 3.39. The summed E-state index contributed by atoms with van der Waals surface area (Å²) in [6.45, 7) is 0. The summed E-state index contributed by atoms with van der Waals surface area (Å²) in [6.07, 6.45) is 1.77. The molecule has 0 saturated carbocycles. The van der Waals surface area contributed by atoms with Gasteiger partial charge in [0.2, 0.25) is 0 Å². The molecule has 1 nitrogen and oxygen atoms in total. The van der Waals surface area contributed by atoms with Gasteiger partial charge in [-0.25, -0.2) is 0 Å². The molecule has 0 aliphatic heterocycles. The molecule has 0 N–H and O–H groups in total. The SMILES string of the molecule is Pc1ccccn1.[LiH]. The van der Waals surface area contributed by atoms with E-state index in [0.717, 1.165) is 5.44 Å². The van der Waals surface area contributed by atoms with Crippen molar-refractivity contribution in [2.24, 2.45) is 0 Å². The summed E-state index contributed by atoms with van der Waals surface area (Å²) in [4.78, 5) is 3.94. The summed E-state index contributed by atoms with van der Waals surface area (Å²) in [5.41, 5.74) is 0.988. The Morgan fingerprint density at radius 1 is 1.38 bits per heavy atom. The van der Waals surface area contributed by atoms with E-state index in [1.807, 2.05) is 18.2 Å². The maximum atomic E-state index is 3.94. The minimum absolute atomic E-state index is 0. The zero-order valence-corrected chi connectivity index (χ0v) is 4.99. The predicted molar refractivity (Wildman–Crippen MR) is 40.7 cm³/mol. The molecule has 8 heavy (non-hydrogen) atoms. The Labute approximate surface area is 63.3 Å². The Kier molecular flexibility index (Phi) is 4.19. The van der Waals surface area contributed by atoms with Crippen molar-refractivity contribution < 1.29 is 0 Å². The molecule has 0 radical (unpaired) electrons. The first-order valence-electron chi connectivity index (χ1n) is 2.06. The van der Waals surface area contributed by atoms with E-state index in [1.165, 1.54) is 0 Å². The molecular formula is C5H7LiNP. The monoisotopic (exact) mass is 119 g/mol. The van der Waals surface area contributed by atoms with Crippen LogP contribution in [0.4, 0.5) is 0 Å². The van der Waals surface area contributed by atoms with Gasteiger partial charge >= 0.3 is 18.9 Å². The zero-order chi connectivity index (χ0) is 5.11. The second kappa shape index (κ2) is 4.10. The summed E-state index contributed by atoms with van der Waals surface area (Å²) in [7, 11) is 2.52. The first-order valence-corrected chi connectivity index (χ1v) is 2.64. The molecule has 1 unspecified atom stereocenters. The second-order valence-corrected chi connectivity index (χ2v) is 1.85. The molecule has 0 spiro atoms. The van der Waals surface area contributed by atoms with Crippen molar-refractivity contribution >= 4 is 33.5 Å². The Balaban J connectivity index is 0.000000490. The molecule has 1 aromatic rings. The third-order valence-electron chi connectivity index (χ3n) is 0.688. The van der Waals surface area contributed by atoms with E-state index in [2.05, 4.69) is 14.2 Å². The molecule has 0 fully saturated rings. The molecule has 1 aromatic heterocycles. The predicted octanol–water partition coefficient (Wildman–Crippen LogP) is -0.0665. The van der Waals surface area contributed by atoms with Crippen LogP contribution in [0.15, 0.2) is 24.4 Å². The third kappa shape index (κ3) is 2.48. The summed E-state index contributed by atoms with van der Waals surface area (Å²) in [5, 5.41) is 0. The van der Waals surface area contributed by atoms with Crippen LogP contribution in [0.2, 0.25) is 0 Å². The van der Waals surface area contributed by atoms with Gasteiger partial charge in [0.25, 0.3) is 0 Å². The van der Waals surface area contributed by atoms with E-state index < -0.39 is 0 Å². The second-order valence-electron chi connectivity index (χ2n) is 1.25. The van der Waals surface area contributed by atoms with Crippen LogP contribution in [-0.2, 0) is 0 Å². The number of aromatic nitrogens is 1. The summed E-state index contributed by atoms with van der Waals surface area (Å²) < 4.78 is 0. The molecule has 3 heteroatoms. The number of nitrogens with zero attached hydrogens (tertiary/aromatic N) is 1. The number of pyridine rings is 1. The Hall–Kier alpha value is 0.177. The number of rotatable bonds is 0. The van der Waals surface area contributed by atoms with Gasteiger partial charge in [-0.15, -0.1) is 0 Å². The van der Waals surface area contributed by atoms with Crippen molar-refractivity contribution in [3.05, 3.63) is 24.4 Å². The fourth-order valence-electron chi connectivity index (χ4n) is 0.376. The van der Waals surface area contributed by atoms with Gasteiger partial charge in [-0.1, -0.05) is 15.3 Å². The van der Waals surface area contributed by atoms with Crippen molar-refractivity contribution in [3.8, 4) is 0 Å². The molecular weight excluding hydrogens is 112 g/mol. The molecule has 0 saturated heterocycles. The van der Waals surface area contributed by atoms with E-state index in [9.17, 15) is 0 Å². The molecule has 1 atom stereocenters. The molecule has 0 amide bonds. The molecule has 1 heterocycles. The van der Waals surface area contributed by atoms with Crippen LogP contribution in [-0.4, -0.2) is 23.8 Å². The van der Waals surface area contributed by atoms with Crippen LogP contribution < -0.4 is 5.44 Å². The minimum atomic E-state index is 0. The van der Waals surface area contributed by atoms with Gasteiger partial charge in [-0.2, -0.15) is 0 Å². The van der Waals surface area contributed by atoms with Gasteiger partial charge in [-0.05, 0) is 12.1 Å². The average molecular weight is 119 g/mol. The molecule has 1 rings (SSSR count). The van der Waals surface area contributed by atoms with Crippen molar-refractivity contribution in [2.45, 2.75) is 0 Å². The molecule has 0 bridgehead atoms. The van der Waals surface area contributed by atoms with Gasteiger partial charge in [0.05, 0.1) is 5.44 Å². The van der Waals surface area contributed by atoms with Crippen LogP contribution in [0.1, 0.15) is 0 Å². The van der Waals surface area contributed by atoms with E-state index >= 15 is 0 Å². The Morgan fingerprint density at radius 2 is 2.12 bits per heavy atom. The summed E-state index contributed by atoms with van der Waals surface area (Å²) in [5.74, 6) is 0. The number of hydrogen-bond acceptors (Lipinski definition) is 1.